The first-order valence-corrected chi connectivity index (χ1v) is 9.11. The number of nitrogens with zero attached hydrogens (tertiary/aromatic N) is 3. The van der Waals surface area contributed by atoms with E-state index in [4.69, 9.17) is 9.15 Å². The lowest BCUT2D eigenvalue weighted by molar-refractivity contribution is -0.156. The van der Waals surface area contributed by atoms with Crippen LogP contribution >= 0.6 is 0 Å². The Morgan fingerprint density at radius 1 is 1.35 bits per heavy atom. The molecular formula is C20H23N3O3. The molecule has 3 heterocycles. The molecule has 4 rings (SSSR count). The summed E-state index contributed by atoms with van der Waals surface area (Å²) in [7, 11) is 0. The van der Waals surface area contributed by atoms with E-state index in [1.54, 1.807) is 6.33 Å². The second-order valence-corrected chi connectivity index (χ2v) is 7.18. The minimum absolute atomic E-state index is 0.118. The molecule has 136 valence electrons. The summed E-state index contributed by atoms with van der Waals surface area (Å²) >= 11 is 0. The van der Waals surface area contributed by atoms with Crippen LogP contribution in [0.1, 0.15) is 27.2 Å². The quantitative estimate of drug-likeness (QED) is 0.665. The molecule has 3 aromatic rings. The Kier molecular flexibility index (Phi) is 4.05. The Hall–Kier alpha value is -2.63. The summed E-state index contributed by atoms with van der Waals surface area (Å²) in [6, 6.07) is 7.85. The number of hydrogen-bond donors (Lipinski definition) is 0. The van der Waals surface area contributed by atoms with Gasteiger partial charge in [0, 0.05) is 18.5 Å². The Morgan fingerprint density at radius 2 is 2.15 bits per heavy atom. The molecular weight excluding hydrogens is 330 g/mol. The Bertz CT molecular complexity index is 965. The number of benzene rings is 1. The number of carbonyl (C=O) groups is 1. The smallest absolute Gasteiger partial charge is 0.314 e. The summed E-state index contributed by atoms with van der Waals surface area (Å²) in [6.07, 6.45) is 2.31. The van der Waals surface area contributed by atoms with Crippen LogP contribution in [0.4, 0.5) is 5.82 Å². The van der Waals surface area contributed by atoms with Gasteiger partial charge in [-0.3, -0.25) is 4.79 Å². The topological polar surface area (TPSA) is 68.5 Å². The van der Waals surface area contributed by atoms with Crippen LogP contribution in [-0.4, -0.2) is 35.6 Å². The van der Waals surface area contributed by atoms with Crippen LogP contribution in [0.25, 0.3) is 22.1 Å². The van der Waals surface area contributed by atoms with Crippen LogP contribution in [-0.2, 0) is 9.53 Å². The molecule has 1 saturated heterocycles. The molecule has 0 aliphatic carbocycles. The van der Waals surface area contributed by atoms with Crippen molar-refractivity contribution in [2.24, 2.45) is 11.3 Å². The van der Waals surface area contributed by atoms with Gasteiger partial charge in [0.2, 0.25) is 0 Å². The van der Waals surface area contributed by atoms with Crippen LogP contribution in [0.3, 0.4) is 0 Å². The van der Waals surface area contributed by atoms with Crippen molar-refractivity contribution in [3.8, 4) is 0 Å². The van der Waals surface area contributed by atoms with Gasteiger partial charge in [0.1, 0.15) is 17.4 Å². The number of furan rings is 1. The van der Waals surface area contributed by atoms with Crippen molar-refractivity contribution in [1.29, 1.82) is 0 Å². The predicted octanol–water partition coefficient (Wildman–Crippen LogP) is 3.79. The van der Waals surface area contributed by atoms with Gasteiger partial charge in [-0.1, -0.05) is 26.0 Å². The summed E-state index contributed by atoms with van der Waals surface area (Å²) in [4.78, 5) is 23.7. The number of esters is 1. The first-order valence-electron chi connectivity index (χ1n) is 9.11. The van der Waals surface area contributed by atoms with Crippen molar-refractivity contribution < 1.29 is 13.9 Å². The van der Waals surface area contributed by atoms with Crippen molar-refractivity contribution >= 4 is 33.9 Å². The Morgan fingerprint density at radius 3 is 2.92 bits per heavy atom. The third-order valence-corrected chi connectivity index (χ3v) is 5.53. The average molecular weight is 353 g/mol. The number of fused-ring (bicyclic) bond motifs is 3. The molecule has 26 heavy (non-hydrogen) atoms. The maximum absolute atomic E-state index is 12.7. The predicted molar refractivity (Wildman–Crippen MR) is 100 cm³/mol. The molecule has 6 heteroatoms. The number of para-hydroxylation sites is 1. The summed E-state index contributed by atoms with van der Waals surface area (Å²) in [5.74, 6) is 0.810. The van der Waals surface area contributed by atoms with Crippen LogP contribution in [0, 0.1) is 11.3 Å². The molecule has 1 atom stereocenters. The zero-order valence-electron chi connectivity index (χ0n) is 15.4. The Labute approximate surface area is 152 Å². The lowest BCUT2D eigenvalue weighted by Gasteiger charge is -2.31. The highest BCUT2D eigenvalue weighted by atomic mass is 16.5. The average Bonchev–Trinajstić information content (AvgIpc) is 3.24. The molecule has 2 aromatic heterocycles. The van der Waals surface area contributed by atoms with Crippen LogP contribution in [0.2, 0.25) is 0 Å². The maximum Gasteiger partial charge on any atom is 0.314 e. The van der Waals surface area contributed by atoms with Crippen molar-refractivity contribution in [2.45, 2.75) is 27.2 Å². The van der Waals surface area contributed by atoms with Crippen molar-refractivity contribution in [1.82, 2.24) is 9.97 Å². The Balaban J connectivity index is 1.76. The number of hydrogen-bond acceptors (Lipinski definition) is 6. The van der Waals surface area contributed by atoms with Gasteiger partial charge in [-0.2, -0.15) is 0 Å². The number of rotatable bonds is 4. The third kappa shape index (κ3) is 2.43. The lowest BCUT2D eigenvalue weighted by Crippen LogP contribution is -2.40. The van der Waals surface area contributed by atoms with E-state index in [9.17, 15) is 4.79 Å². The van der Waals surface area contributed by atoms with E-state index >= 15 is 0 Å². The van der Waals surface area contributed by atoms with E-state index in [0.29, 0.717) is 18.7 Å². The maximum atomic E-state index is 12.7. The fraction of sp³-hybridized carbons (Fsp3) is 0.450. The number of ether oxygens (including phenoxy) is 1. The van der Waals surface area contributed by atoms with Crippen LogP contribution in [0.5, 0.6) is 0 Å². The molecule has 0 radical (unpaired) electrons. The molecule has 0 spiro atoms. The first kappa shape index (κ1) is 16.8. The highest BCUT2D eigenvalue weighted by Crippen LogP contribution is 2.42. The summed E-state index contributed by atoms with van der Waals surface area (Å²) < 4.78 is 11.4. The van der Waals surface area contributed by atoms with E-state index in [1.165, 1.54) is 0 Å². The molecule has 0 saturated carbocycles. The molecule has 1 aromatic carbocycles. The summed E-state index contributed by atoms with van der Waals surface area (Å²) in [6.45, 7) is 7.72. The number of anilines is 1. The monoisotopic (exact) mass is 353 g/mol. The normalized spacial score (nSPS) is 20.4. The van der Waals surface area contributed by atoms with Crippen molar-refractivity contribution in [2.75, 3.05) is 24.6 Å². The SMILES string of the molecule is CCOC(=O)C1(C(C)C)CCN(c2ncnc3c2oc2ccccc23)C1. The molecule has 1 aliphatic heterocycles. The molecule has 1 unspecified atom stereocenters. The highest BCUT2D eigenvalue weighted by molar-refractivity contribution is 6.05. The van der Waals surface area contributed by atoms with E-state index in [0.717, 1.165) is 35.3 Å². The molecule has 6 nitrogen and oxygen atoms in total. The molecule has 0 amide bonds. The van der Waals surface area contributed by atoms with Crippen LogP contribution < -0.4 is 4.90 Å². The minimum Gasteiger partial charge on any atom is -0.466 e. The van der Waals surface area contributed by atoms with Gasteiger partial charge in [-0.05, 0) is 31.4 Å². The van der Waals surface area contributed by atoms with Gasteiger partial charge in [-0.25, -0.2) is 9.97 Å². The first-order chi connectivity index (χ1) is 12.6. The zero-order valence-corrected chi connectivity index (χ0v) is 15.4. The van der Waals surface area contributed by atoms with Gasteiger partial charge < -0.3 is 14.1 Å². The number of aromatic nitrogens is 2. The standard InChI is InChI=1S/C20H23N3O3/c1-4-25-19(24)20(13(2)3)9-10-23(11-20)18-17-16(21-12-22-18)14-7-5-6-8-15(14)26-17/h5-8,12-13H,4,9-11H2,1-3H3. The van der Waals surface area contributed by atoms with Gasteiger partial charge in [0.05, 0.1) is 12.0 Å². The minimum atomic E-state index is -0.515. The van der Waals surface area contributed by atoms with Crippen molar-refractivity contribution in [3.63, 3.8) is 0 Å². The van der Waals surface area contributed by atoms with Gasteiger partial charge >= 0.3 is 5.97 Å². The summed E-state index contributed by atoms with van der Waals surface area (Å²) in [5, 5.41) is 0.978. The highest BCUT2D eigenvalue weighted by Gasteiger charge is 2.49. The van der Waals surface area contributed by atoms with E-state index < -0.39 is 5.41 Å². The molecule has 0 N–H and O–H groups in total. The lowest BCUT2D eigenvalue weighted by atomic mass is 9.76. The van der Waals surface area contributed by atoms with Gasteiger partial charge in [-0.15, -0.1) is 0 Å². The van der Waals surface area contributed by atoms with E-state index in [1.807, 2.05) is 31.2 Å². The molecule has 1 aliphatic rings. The zero-order chi connectivity index (χ0) is 18.3. The third-order valence-electron chi connectivity index (χ3n) is 5.53. The molecule has 0 bridgehead atoms. The second kappa shape index (κ2) is 6.27. The largest absolute Gasteiger partial charge is 0.466 e. The van der Waals surface area contributed by atoms with Gasteiger partial charge in [0.15, 0.2) is 11.4 Å². The van der Waals surface area contributed by atoms with Crippen molar-refractivity contribution in [3.05, 3.63) is 30.6 Å². The summed E-state index contributed by atoms with van der Waals surface area (Å²) in [5.41, 5.74) is 1.77. The fourth-order valence-corrected chi connectivity index (χ4v) is 3.90. The molecule has 1 fully saturated rings. The van der Waals surface area contributed by atoms with E-state index in [-0.39, 0.29) is 11.9 Å². The second-order valence-electron chi connectivity index (χ2n) is 7.18. The number of carbonyl (C=O) groups excluding carboxylic acids is 1. The fourth-order valence-electron chi connectivity index (χ4n) is 3.90. The van der Waals surface area contributed by atoms with E-state index in [2.05, 4.69) is 28.7 Å². The van der Waals surface area contributed by atoms with Gasteiger partial charge in [0.25, 0.3) is 0 Å². The van der Waals surface area contributed by atoms with Crippen LogP contribution in [0.15, 0.2) is 35.0 Å².